The number of amides is 1. The van der Waals surface area contributed by atoms with Crippen LogP contribution in [0.4, 0.5) is 0 Å². The van der Waals surface area contributed by atoms with Gasteiger partial charge in [-0.05, 0) is 37.8 Å². The fourth-order valence-corrected chi connectivity index (χ4v) is 4.12. The Hall–Kier alpha value is -2.21. The minimum atomic E-state index is -0.0832. The largest absolute Gasteiger partial charge is 0.348 e. The van der Waals surface area contributed by atoms with Gasteiger partial charge in [0.25, 0.3) is 5.91 Å². The van der Waals surface area contributed by atoms with E-state index in [1.807, 2.05) is 10.9 Å². The van der Waals surface area contributed by atoms with Crippen molar-refractivity contribution >= 4 is 5.91 Å². The van der Waals surface area contributed by atoms with Crippen LogP contribution in [0.15, 0.2) is 36.5 Å². The summed E-state index contributed by atoms with van der Waals surface area (Å²) in [6.45, 7) is 3.01. The number of likely N-dealkylation sites (tertiary alicyclic amines) is 1. The summed E-state index contributed by atoms with van der Waals surface area (Å²) in [5.41, 5.74) is 1.78. The molecule has 1 aromatic carbocycles. The highest BCUT2D eigenvalue weighted by Gasteiger charge is 2.24. The molecule has 2 aromatic rings. The topological polar surface area (TPSA) is 63.1 Å². The summed E-state index contributed by atoms with van der Waals surface area (Å²) in [6, 6.07) is 11.2. The average molecular weight is 353 g/mol. The molecule has 2 fully saturated rings. The van der Waals surface area contributed by atoms with Crippen LogP contribution in [-0.2, 0) is 6.54 Å². The number of piperidine rings is 1. The number of benzene rings is 1. The summed E-state index contributed by atoms with van der Waals surface area (Å²) in [5, 5.41) is 11.5. The van der Waals surface area contributed by atoms with Crippen molar-refractivity contribution in [1.29, 1.82) is 0 Å². The maximum Gasteiger partial charge on any atom is 0.273 e. The van der Waals surface area contributed by atoms with Gasteiger partial charge in [-0.3, -0.25) is 9.69 Å². The van der Waals surface area contributed by atoms with Crippen LogP contribution in [0.1, 0.15) is 60.6 Å². The average Bonchev–Trinajstić information content (AvgIpc) is 3.35. The first-order chi connectivity index (χ1) is 12.8. The van der Waals surface area contributed by atoms with Gasteiger partial charge in [0.1, 0.15) is 0 Å². The molecule has 2 heterocycles. The van der Waals surface area contributed by atoms with Crippen molar-refractivity contribution in [2.24, 2.45) is 0 Å². The summed E-state index contributed by atoms with van der Waals surface area (Å²) in [4.78, 5) is 14.8. The Kier molecular flexibility index (Phi) is 5.29. The van der Waals surface area contributed by atoms with Gasteiger partial charge in [0, 0.05) is 19.1 Å². The maximum absolute atomic E-state index is 12.4. The molecule has 1 atom stereocenters. The lowest BCUT2D eigenvalue weighted by Gasteiger charge is -2.32. The van der Waals surface area contributed by atoms with Gasteiger partial charge >= 0.3 is 0 Å². The Morgan fingerprint density at radius 2 is 1.92 bits per heavy atom. The van der Waals surface area contributed by atoms with E-state index in [-0.39, 0.29) is 11.9 Å². The van der Waals surface area contributed by atoms with Crippen LogP contribution in [0.3, 0.4) is 0 Å². The van der Waals surface area contributed by atoms with Crippen LogP contribution in [0.2, 0.25) is 0 Å². The summed E-state index contributed by atoms with van der Waals surface area (Å²) in [5.74, 6) is -0.0832. The number of rotatable bonds is 5. The van der Waals surface area contributed by atoms with Gasteiger partial charge in [-0.2, -0.15) is 0 Å². The second kappa shape index (κ2) is 7.99. The molecule has 6 nitrogen and oxygen atoms in total. The Bertz CT molecular complexity index is 723. The molecule has 1 aliphatic carbocycles. The van der Waals surface area contributed by atoms with Crippen LogP contribution in [0, 0.1) is 0 Å². The first kappa shape index (κ1) is 17.2. The van der Waals surface area contributed by atoms with Gasteiger partial charge < -0.3 is 5.32 Å². The first-order valence-corrected chi connectivity index (χ1v) is 9.77. The molecule has 1 amide bonds. The lowest BCUT2D eigenvalue weighted by molar-refractivity contribution is 0.0932. The molecule has 138 valence electrons. The molecule has 1 aromatic heterocycles. The van der Waals surface area contributed by atoms with E-state index in [4.69, 9.17) is 0 Å². The van der Waals surface area contributed by atoms with Gasteiger partial charge in [0.15, 0.2) is 5.69 Å². The molecule has 1 aliphatic heterocycles. The lowest BCUT2D eigenvalue weighted by atomic mass is 10.0. The minimum absolute atomic E-state index is 0.0832. The third-order valence-corrected chi connectivity index (χ3v) is 5.54. The standard InChI is InChI=1S/C20H27N5O/c26-20(21-17-9-4-5-10-17)19-15-25(23-22-19)18-11-6-12-24(14-18)13-16-7-2-1-3-8-16/h1-3,7-8,15,17-18H,4-6,9-14H2,(H,21,26)/t18-/m0/s1. The van der Waals surface area contributed by atoms with Crippen molar-refractivity contribution in [3.63, 3.8) is 0 Å². The molecular formula is C20H27N5O. The van der Waals surface area contributed by atoms with Crippen molar-refractivity contribution in [3.8, 4) is 0 Å². The Labute approximate surface area is 154 Å². The molecule has 0 bridgehead atoms. The molecule has 1 saturated carbocycles. The zero-order valence-electron chi connectivity index (χ0n) is 15.2. The number of aromatic nitrogens is 3. The summed E-state index contributed by atoms with van der Waals surface area (Å²) >= 11 is 0. The van der Waals surface area contributed by atoms with Gasteiger partial charge in [0.2, 0.25) is 0 Å². The number of nitrogens with zero attached hydrogens (tertiary/aromatic N) is 4. The second-order valence-electron chi connectivity index (χ2n) is 7.56. The molecule has 26 heavy (non-hydrogen) atoms. The van der Waals surface area contributed by atoms with Crippen LogP contribution >= 0.6 is 0 Å². The Balaban J connectivity index is 1.36. The van der Waals surface area contributed by atoms with E-state index in [1.54, 1.807) is 0 Å². The molecule has 1 N–H and O–H groups in total. The molecule has 0 spiro atoms. The summed E-state index contributed by atoms with van der Waals surface area (Å²) < 4.78 is 1.89. The molecule has 0 unspecified atom stereocenters. The molecule has 2 aliphatic rings. The van der Waals surface area contributed by atoms with Crippen LogP contribution < -0.4 is 5.32 Å². The van der Waals surface area contributed by atoms with Crippen LogP contribution in [0.5, 0.6) is 0 Å². The third kappa shape index (κ3) is 4.12. The zero-order valence-corrected chi connectivity index (χ0v) is 15.2. The number of hydrogen-bond acceptors (Lipinski definition) is 4. The lowest BCUT2D eigenvalue weighted by Crippen LogP contribution is -2.36. The van der Waals surface area contributed by atoms with E-state index in [9.17, 15) is 4.79 Å². The van der Waals surface area contributed by atoms with E-state index in [0.29, 0.717) is 11.7 Å². The van der Waals surface area contributed by atoms with Crippen molar-refractivity contribution in [1.82, 2.24) is 25.2 Å². The second-order valence-corrected chi connectivity index (χ2v) is 7.56. The monoisotopic (exact) mass is 353 g/mol. The Morgan fingerprint density at radius 3 is 2.73 bits per heavy atom. The normalized spacial score (nSPS) is 21.8. The van der Waals surface area contributed by atoms with E-state index >= 15 is 0 Å². The van der Waals surface area contributed by atoms with Crippen LogP contribution in [0.25, 0.3) is 0 Å². The highest BCUT2D eigenvalue weighted by atomic mass is 16.2. The molecule has 4 rings (SSSR count). The van der Waals surface area contributed by atoms with Gasteiger partial charge in [-0.1, -0.05) is 48.4 Å². The van der Waals surface area contributed by atoms with Crippen molar-refractivity contribution in [2.45, 2.75) is 57.2 Å². The van der Waals surface area contributed by atoms with Crippen molar-refractivity contribution < 1.29 is 4.79 Å². The van der Waals surface area contributed by atoms with Gasteiger partial charge in [-0.15, -0.1) is 5.10 Å². The van der Waals surface area contributed by atoms with Gasteiger partial charge in [-0.25, -0.2) is 4.68 Å². The molecular weight excluding hydrogens is 326 g/mol. The third-order valence-electron chi connectivity index (χ3n) is 5.54. The van der Waals surface area contributed by atoms with E-state index in [2.05, 4.69) is 50.9 Å². The SMILES string of the molecule is O=C(NC1CCCC1)c1cn([C@H]2CCCN(Cc3ccccc3)C2)nn1. The maximum atomic E-state index is 12.4. The highest BCUT2D eigenvalue weighted by molar-refractivity contribution is 5.92. The quantitative estimate of drug-likeness (QED) is 0.898. The fraction of sp³-hybridized carbons (Fsp3) is 0.550. The molecule has 1 saturated heterocycles. The number of carbonyl (C=O) groups excluding carboxylic acids is 1. The number of nitrogens with one attached hydrogen (secondary N) is 1. The number of hydrogen-bond donors (Lipinski definition) is 1. The zero-order chi connectivity index (χ0) is 17.8. The molecule has 0 radical (unpaired) electrons. The predicted molar refractivity (Wildman–Crippen MR) is 99.7 cm³/mol. The van der Waals surface area contributed by atoms with E-state index < -0.39 is 0 Å². The first-order valence-electron chi connectivity index (χ1n) is 9.77. The highest BCUT2D eigenvalue weighted by Crippen LogP contribution is 2.22. The fourth-order valence-electron chi connectivity index (χ4n) is 4.12. The van der Waals surface area contributed by atoms with Crippen LogP contribution in [-0.4, -0.2) is 44.9 Å². The summed E-state index contributed by atoms with van der Waals surface area (Å²) in [6.07, 6.45) is 8.61. The minimum Gasteiger partial charge on any atom is -0.348 e. The smallest absolute Gasteiger partial charge is 0.273 e. The van der Waals surface area contributed by atoms with Crippen molar-refractivity contribution in [2.75, 3.05) is 13.1 Å². The number of carbonyl (C=O) groups is 1. The Morgan fingerprint density at radius 1 is 1.12 bits per heavy atom. The predicted octanol–water partition coefficient (Wildman–Crippen LogP) is 2.79. The van der Waals surface area contributed by atoms with E-state index in [0.717, 1.165) is 45.3 Å². The molecule has 6 heteroatoms. The van der Waals surface area contributed by atoms with Gasteiger partial charge in [0.05, 0.1) is 12.2 Å². The van der Waals surface area contributed by atoms with Crippen molar-refractivity contribution in [3.05, 3.63) is 47.8 Å². The van der Waals surface area contributed by atoms with E-state index in [1.165, 1.54) is 18.4 Å². The summed E-state index contributed by atoms with van der Waals surface area (Å²) in [7, 11) is 0.